The standard InChI is InChI=1S/C20H27NO3.ClH/c1-3-24-19(23)14-11-16-17-10-13-6-4-5-7-15(13)20(16,8-9-22)12-18(14)21(17)2;/h4-7,14,16-18,22H,3,8-12H2,1-2H3;1H/t14?,16?,17?,18?,20-;/m1./s1. The van der Waals surface area contributed by atoms with Crippen LogP contribution in [-0.2, 0) is 21.4 Å². The summed E-state index contributed by atoms with van der Waals surface area (Å²) in [5.74, 6) is 0.362. The molecule has 4 bridgehead atoms. The van der Waals surface area contributed by atoms with Gasteiger partial charge in [-0.25, -0.2) is 0 Å². The number of benzene rings is 1. The molecule has 1 N–H and O–H groups in total. The summed E-state index contributed by atoms with van der Waals surface area (Å²) in [5.41, 5.74) is 2.86. The van der Waals surface area contributed by atoms with Crippen molar-refractivity contribution in [2.45, 2.75) is 50.1 Å². The van der Waals surface area contributed by atoms with E-state index in [-0.39, 0.29) is 42.4 Å². The van der Waals surface area contributed by atoms with Crippen molar-refractivity contribution in [3.63, 3.8) is 0 Å². The van der Waals surface area contributed by atoms with Crippen LogP contribution in [-0.4, -0.2) is 48.3 Å². The van der Waals surface area contributed by atoms with E-state index in [9.17, 15) is 9.90 Å². The Kier molecular flexibility index (Phi) is 5.16. The van der Waals surface area contributed by atoms with E-state index in [4.69, 9.17) is 4.74 Å². The number of halogens is 1. The van der Waals surface area contributed by atoms with Gasteiger partial charge < -0.3 is 9.84 Å². The molecule has 25 heavy (non-hydrogen) atoms. The van der Waals surface area contributed by atoms with Crippen LogP contribution in [0, 0.1) is 11.8 Å². The molecular weight excluding hydrogens is 338 g/mol. The van der Waals surface area contributed by atoms with E-state index in [1.165, 1.54) is 11.1 Å². The van der Waals surface area contributed by atoms with E-state index >= 15 is 0 Å². The zero-order valence-corrected chi connectivity index (χ0v) is 15.8. The lowest BCUT2D eigenvalue weighted by atomic mass is 9.48. The van der Waals surface area contributed by atoms with Crippen molar-refractivity contribution < 1.29 is 14.6 Å². The molecule has 4 nitrogen and oxygen atoms in total. The first-order chi connectivity index (χ1) is 11.6. The number of fused-ring (bicyclic) bond motifs is 2. The number of carbonyl (C=O) groups is 1. The summed E-state index contributed by atoms with van der Waals surface area (Å²) >= 11 is 0. The fourth-order valence-electron chi connectivity index (χ4n) is 5.94. The van der Waals surface area contributed by atoms with Crippen molar-refractivity contribution in [1.82, 2.24) is 4.90 Å². The Morgan fingerprint density at radius 1 is 1.36 bits per heavy atom. The molecule has 0 radical (unpaired) electrons. The van der Waals surface area contributed by atoms with Gasteiger partial charge in [-0.2, -0.15) is 0 Å². The minimum absolute atomic E-state index is 0. The molecule has 2 saturated heterocycles. The third-order valence-electron chi connectivity index (χ3n) is 6.90. The maximum atomic E-state index is 12.5. The molecule has 3 fully saturated rings. The van der Waals surface area contributed by atoms with Crippen molar-refractivity contribution in [3.8, 4) is 0 Å². The van der Waals surface area contributed by atoms with Gasteiger partial charge in [-0.3, -0.25) is 9.69 Å². The van der Waals surface area contributed by atoms with Crippen LogP contribution < -0.4 is 0 Å². The van der Waals surface area contributed by atoms with Gasteiger partial charge in [0, 0.05) is 24.1 Å². The Bertz CT molecular complexity index is 652. The van der Waals surface area contributed by atoms with Gasteiger partial charge in [-0.15, -0.1) is 12.4 Å². The summed E-state index contributed by atoms with van der Waals surface area (Å²) in [5, 5.41) is 9.80. The molecule has 4 aliphatic rings. The average molecular weight is 366 g/mol. The lowest BCUT2D eigenvalue weighted by Gasteiger charge is -2.64. The second-order valence-corrected chi connectivity index (χ2v) is 7.70. The molecule has 2 aliphatic carbocycles. The number of nitrogens with zero attached hydrogens (tertiary/aromatic N) is 1. The van der Waals surface area contributed by atoms with E-state index in [0.717, 1.165) is 25.7 Å². The number of piperidine rings is 2. The molecule has 1 saturated carbocycles. The quantitative estimate of drug-likeness (QED) is 0.833. The largest absolute Gasteiger partial charge is 0.466 e. The Hall–Kier alpha value is -1.10. The van der Waals surface area contributed by atoms with Gasteiger partial charge in [-0.1, -0.05) is 24.3 Å². The minimum atomic E-state index is -0.0377. The number of hydrogen-bond acceptors (Lipinski definition) is 4. The molecule has 1 aromatic carbocycles. The Morgan fingerprint density at radius 2 is 2.12 bits per heavy atom. The normalized spacial score (nSPS) is 35.6. The van der Waals surface area contributed by atoms with Gasteiger partial charge in [0.15, 0.2) is 0 Å². The van der Waals surface area contributed by atoms with Crippen LogP contribution in [0.5, 0.6) is 0 Å². The number of esters is 1. The minimum Gasteiger partial charge on any atom is -0.466 e. The highest BCUT2D eigenvalue weighted by Crippen LogP contribution is 2.59. The monoisotopic (exact) mass is 365 g/mol. The number of hydrogen-bond donors (Lipinski definition) is 1. The van der Waals surface area contributed by atoms with E-state index in [1.807, 2.05) is 6.92 Å². The number of ether oxygens (including phenoxy) is 1. The first-order valence-corrected chi connectivity index (χ1v) is 9.20. The maximum Gasteiger partial charge on any atom is 0.310 e. The number of aliphatic hydroxyl groups is 1. The van der Waals surface area contributed by atoms with Crippen LogP contribution in [0.4, 0.5) is 0 Å². The molecule has 0 aromatic heterocycles. The van der Waals surface area contributed by atoms with Gasteiger partial charge in [-0.05, 0) is 56.7 Å². The first kappa shape index (κ1) is 18.7. The van der Waals surface area contributed by atoms with Crippen molar-refractivity contribution >= 4 is 18.4 Å². The predicted molar refractivity (Wildman–Crippen MR) is 99.0 cm³/mol. The average Bonchev–Trinajstić information content (AvgIpc) is 2.59. The van der Waals surface area contributed by atoms with Crippen LogP contribution >= 0.6 is 12.4 Å². The van der Waals surface area contributed by atoms with Gasteiger partial charge in [0.25, 0.3) is 0 Å². The second kappa shape index (κ2) is 6.90. The molecule has 4 unspecified atom stereocenters. The number of aliphatic hydroxyl groups excluding tert-OH is 1. The third-order valence-corrected chi connectivity index (χ3v) is 6.90. The summed E-state index contributed by atoms with van der Waals surface area (Å²) in [6.45, 7) is 2.53. The molecule has 0 amide bonds. The van der Waals surface area contributed by atoms with Crippen LogP contribution in [0.3, 0.4) is 0 Å². The van der Waals surface area contributed by atoms with Crippen LogP contribution in [0.2, 0.25) is 0 Å². The van der Waals surface area contributed by atoms with Crippen LogP contribution in [0.25, 0.3) is 0 Å². The van der Waals surface area contributed by atoms with Crippen molar-refractivity contribution in [1.29, 1.82) is 0 Å². The van der Waals surface area contributed by atoms with Gasteiger partial charge in [0.1, 0.15) is 0 Å². The molecule has 0 spiro atoms. The summed E-state index contributed by atoms with van der Waals surface area (Å²) < 4.78 is 5.35. The number of carbonyl (C=O) groups excluding carboxylic acids is 1. The van der Waals surface area contributed by atoms with E-state index < -0.39 is 0 Å². The van der Waals surface area contributed by atoms with Gasteiger partial charge in [0.05, 0.1) is 12.5 Å². The van der Waals surface area contributed by atoms with Crippen molar-refractivity contribution in [2.75, 3.05) is 20.3 Å². The van der Waals surface area contributed by atoms with Gasteiger partial charge in [0.2, 0.25) is 0 Å². The van der Waals surface area contributed by atoms with Crippen molar-refractivity contribution in [2.24, 2.45) is 11.8 Å². The lowest BCUT2D eigenvalue weighted by Crippen LogP contribution is -2.69. The van der Waals surface area contributed by atoms with Crippen molar-refractivity contribution in [3.05, 3.63) is 35.4 Å². The molecular formula is C20H28ClNO3. The van der Waals surface area contributed by atoms with E-state index in [2.05, 4.69) is 36.2 Å². The Morgan fingerprint density at radius 3 is 2.84 bits per heavy atom. The zero-order valence-electron chi connectivity index (χ0n) is 15.0. The first-order valence-electron chi connectivity index (χ1n) is 9.20. The second-order valence-electron chi connectivity index (χ2n) is 7.70. The summed E-state index contributed by atoms with van der Waals surface area (Å²) in [6.07, 6.45) is 3.69. The molecule has 1 aromatic rings. The summed E-state index contributed by atoms with van der Waals surface area (Å²) in [6, 6.07) is 9.42. The predicted octanol–water partition coefficient (Wildman–Crippen LogP) is 2.56. The number of rotatable bonds is 4. The molecule has 5 atom stereocenters. The van der Waals surface area contributed by atoms with Crippen LogP contribution in [0.15, 0.2) is 24.3 Å². The fraction of sp³-hybridized carbons (Fsp3) is 0.650. The number of likely N-dealkylation sites (N-methyl/N-ethyl adjacent to an activating group) is 1. The summed E-state index contributed by atoms with van der Waals surface area (Å²) in [7, 11) is 2.17. The highest BCUT2D eigenvalue weighted by molar-refractivity contribution is 5.85. The highest BCUT2D eigenvalue weighted by atomic mass is 35.5. The molecule has 2 heterocycles. The molecule has 5 rings (SSSR count). The Balaban J connectivity index is 0.00000182. The topological polar surface area (TPSA) is 49.8 Å². The Labute approximate surface area is 156 Å². The molecule has 5 heteroatoms. The zero-order chi connectivity index (χ0) is 16.9. The smallest absolute Gasteiger partial charge is 0.310 e. The third kappa shape index (κ3) is 2.61. The molecule has 138 valence electrons. The summed E-state index contributed by atoms with van der Waals surface area (Å²) in [4.78, 5) is 14.9. The SMILES string of the molecule is CCOC(=O)C1CC2C3Cc4ccccc4[C@@]2(CCO)CC1N3C.Cl. The van der Waals surface area contributed by atoms with Gasteiger partial charge >= 0.3 is 5.97 Å². The highest BCUT2D eigenvalue weighted by Gasteiger charge is 2.61. The fourth-order valence-corrected chi connectivity index (χ4v) is 5.94. The maximum absolute atomic E-state index is 12.5. The van der Waals surface area contributed by atoms with E-state index in [0.29, 0.717) is 18.6 Å². The molecule has 2 aliphatic heterocycles. The van der Waals surface area contributed by atoms with E-state index in [1.54, 1.807) is 0 Å². The lowest BCUT2D eigenvalue weighted by molar-refractivity contribution is -0.165. The van der Waals surface area contributed by atoms with Crippen LogP contribution in [0.1, 0.15) is 37.3 Å².